The van der Waals surface area contributed by atoms with Crippen molar-refractivity contribution in [3.8, 4) is 0 Å². The molecule has 0 aromatic heterocycles. The van der Waals surface area contributed by atoms with Crippen molar-refractivity contribution in [2.45, 2.75) is 13.5 Å². The monoisotopic (exact) mass is 244 g/mol. The van der Waals surface area contributed by atoms with Gasteiger partial charge in [-0.3, -0.25) is 4.90 Å². The molecule has 1 heterocycles. The Hall–Kier alpha value is -0.640. The summed E-state index contributed by atoms with van der Waals surface area (Å²) in [4.78, 5) is 2.36. The van der Waals surface area contributed by atoms with Crippen LogP contribution in [-0.4, -0.2) is 31.1 Å². The number of hydrogen-bond donors (Lipinski definition) is 1. The highest BCUT2D eigenvalue weighted by molar-refractivity contribution is 5.85. The molecule has 1 fully saturated rings. The minimum absolute atomic E-state index is 0. The molecule has 1 aromatic carbocycles. The zero-order chi connectivity index (χ0) is 10.7. The van der Waals surface area contributed by atoms with Gasteiger partial charge in [-0.2, -0.15) is 0 Å². The first-order valence-corrected chi connectivity index (χ1v) is 5.44. The van der Waals surface area contributed by atoms with Gasteiger partial charge in [-0.1, -0.05) is 6.07 Å². The lowest BCUT2D eigenvalue weighted by Crippen LogP contribution is -2.43. The summed E-state index contributed by atoms with van der Waals surface area (Å²) in [6, 6.07) is 5.03. The van der Waals surface area contributed by atoms with Crippen LogP contribution in [0.15, 0.2) is 18.2 Å². The first kappa shape index (κ1) is 13.4. The number of halogens is 2. The minimum atomic E-state index is -0.134. The smallest absolute Gasteiger partial charge is 0.123 e. The van der Waals surface area contributed by atoms with Crippen LogP contribution in [0.25, 0.3) is 0 Å². The summed E-state index contributed by atoms with van der Waals surface area (Å²) in [5.74, 6) is -0.134. The molecular formula is C12H18ClFN2. The topological polar surface area (TPSA) is 15.3 Å². The second kappa shape index (κ2) is 6.18. The van der Waals surface area contributed by atoms with E-state index in [1.807, 2.05) is 13.0 Å². The van der Waals surface area contributed by atoms with Crippen LogP contribution in [-0.2, 0) is 6.54 Å². The fourth-order valence-corrected chi connectivity index (χ4v) is 1.92. The van der Waals surface area contributed by atoms with E-state index in [4.69, 9.17) is 0 Å². The van der Waals surface area contributed by atoms with E-state index in [0.29, 0.717) is 0 Å². The van der Waals surface area contributed by atoms with E-state index >= 15 is 0 Å². The third-order valence-electron chi connectivity index (χ3n) is 2.91. The average molecular weight is 245 g/mol. The largest absolute Gasteiger partial charge is 0.314 e. The van der Waals surface area contributed by atoms with E-state index in [-0.39, 0.29) is 18.2 Å². The molecule has 1 N–H and O–H groups in total. The van der Waals surface area contributed by atoms with Gasteiger partial charge in [0.05, 0.1) is 0 Å². The molecule has 0 aliphatic carbocycles. The molecule has 2 nitrogen and oxygen atoms in total. The van der Waals surface area contributed by atoms with Crippen molar-refractivity contribution in [1.29, 1.82) is 0 Å². The highest BCUT2D eigenvalue weighted by atomic mass is 35.5. The number of rotatable bonds is 2. The second-order valence-corrected chi connectivity index (χ2v) is 4.10. The van der Waals surface area contributed by atoms with Crippen LogP contribution in [0.2, 0.25) is 0 Å². The van der Waals surface area contributed by atoms with Crippen molar-refractivity contribution in [3.63, 3.8) is 0 Å². The van der Waals surface area contributed by atoms with Gasteiger partial charge in [-0.05, 0) is 30.2 Å². The average Bonchev–Trinajstić information content (AvgIpc) is 2.25. The maximum atomic E-state index is 13.1. The van der Waals surface area contributed by atoms with Crippen LogP contribution < -0.4 is 5.32 Å². The highest BCUT2D eigenvalue weighted by Crippen LogP contribution is 2.13. The minimum Gasteiger partial charge on any atom is -0.314 e. The van der Waals surface area contributed by atoms with Crippen molar-refractivity contribution in [1.82, 2.24) is 10.2 Å². The SMILES string of the molecule is Cc1ccc(F)cc1CN1CCNCC1.Cl. The van der Waals surface area contributed by atoms with Crippen LogP contribution in [0.5, 0.6) is 0 Å². The van der Waals surface area contributed by atoms with E-state index in [0.717, 1.165) is 38.3 Å². The molecule has 2 rings (SSSR count). The van der Waals surface area contributed by atoms with Crippen molar-refractivity contribution in [3.05, 3.63) is 35.1 Å². The van der Waals surface area contributed by atoms with Gasteiger partial charge in [0.1, 0.15) is 5.82 Å². The first-order valence-electron chi connectivity index (χ1n) is 5.44. The fraction of sp³-hybridized carbons (Fsp3) is 0.500. The van der Waals surface area contributed by atoms with E-state index in [1.165, 1.54) is 11.6 Å². The normalized spacial score (nSPS) is 16.9. The molecular weight excluding hydrogens is 227 g/mol. The van der Waals surface area contributed by atoms with Crippen LogP contribution in [0.4, 0.5) is 4.39 Å². The summed E-state index contributed by atoms with van der Waals surface area (Å²) in [7, 11) is 0. The Bertz CT molecular complexity index is 338. The third-order valence-corrected chi connectivity index (χ3v) is 2.91. The number of nitrogens with zero attached hydrogens (tertiary/aromatic N) is 1. The van der Waals surface area contributed by atoms with Gasteiger partial charge < -0.3 is 5.32 Å². The lowest BCUT2D eigenvalue weighted by atomic mass is 10.1. The van der Waals surface area contributed by atoms with E-state index in [1.54, 1.807) is 6.07 Å². The first-order chi connectivity index (χ1) is 7.25. The van der Waals surface area contributed by atoms with Crippen molar-refractivity contribution >= 4 is 12.4 Å². The van der Waals surface area contributed by atoms with Crippen LogP contribution >= 0.6 is 12.4 Å². The Morgan fingerprint density at radius 2 is 2.00 bits per heavy atom. The van der Waals surface area contributed by atoms with Gasteiger partial charge in [0.25, 0.3) is 0 Å². The number of piperazine rings is 1. The number of aryl methyl sites for hydroxylation is 1. The molecule has 0 radical (unpaired) electrons. The summed E-state index contributed by atoms with van der Waals surface area (Å²) in [5, 5.41) is 3.31. The molecule has 0 unspecified atom stereocenters. The van der Waals surface area contributed by atoms with Gasteiger partial charge in [0, 0.05) is 32.7 Å². The van der Waals surface area contributed by atoms with Gasteiger partial charge in [0.15, 0.2) is 0 Å². The predicted molar refractivity (Wildman–Crippen MR) is 66.5 cm³/mol. The molecule has 1 saturated heterocycles. The van der Waals surface area contributed by atoms with Gasteiger partial charge >= 0.3 is 0 Å². The van der Waals surface area contributed by atoms with Crippen molar-refractivity contribution in [2.75, 3.05) is 26.2 Å². The van der Waals surface area contributed by atoms with Crippen molar-refractivity contribution in [2.24, 2.45) is 0 Å². The molecule has 0 atom stereocenters. The molecule has 90 valence electrons. The predicted octanol–water partition coefficient (Wildman–Crippen LogP) is 1.96. The van der Waals surface area contributed by atoms with Gasteiger partial charge in [-0.25, -0.2) is 4.39 Å². The van der Waals surface area contributed by atoms with Crippen LogP contribution in [0, 0.1) is 12.7 Å². The Morgan fingerprint density at radius 1 is 1.31 bits per heavy atom. The van der Waals surface area contributed by atoms with Gasteiger partial charge in [-0.15, -0.1) is 12.4 Å². The van der Waals surface area contributed by atoms with Crippen molar-refractivity contribution < 1.29 is 4.39 Å². The van der Waals surface area contributed by atoms with E-state index < -0.39 is 0 Å². The van der Waals surface area contributed by atoms with E-state index in [2.05, 4.69) is 10.2 Å². The summed E-state index contributed by atoms with van der Waals surface area (Å²) >= 11 is 0. The number of hydrogen-bond acceptors (Lipinski definition) is 2. The zero-order valence-corrected chi connectivity index (χ0v) is 10.3. The molecule has 1 aromatic rings. The van der Waals surface area contributed by atoms with Gasteiger partial charge in [0.2, 0.25) is 0 Å². The lowest BCUT2D eigenvalue weighted by Gasteiger charge is -2.27. The fourth-order valence-electron chi connectivity index (χ4n) is 1.92. The van der Waals surface area contributed by atoms with Crippen LogP contribution in [0.3, 0.4) is 0 Å². The number of benzene rings is 1. The molecule has 1 aliphatic rings. The second-order valence-electron chi connectivity index (χ2n) is 4.10. The lowest BCUT2D eigenvalue weighted by molar-refractivity contribution is 0.232. The Morgan fingerprint density at radius 3 is 2.69 bits per heavy atom. The zero-order valence-electron chi connectivity index (χ0n) is 9.50. The van der Waals surface area contributed by atoms with Crippen LogP contribution in [0.1, 0.15) is 11.1 Å². The molecule has 0 amide bonds. The molecule has 0 spiro atoms. The molecule has 16 heavy (non-hydrogen) atoms. The molecule has 0 bridgehead atoms. The van der Waals surface area contributed by atoms with E-state index in [9.17, 15) is 4.39 Å². The Balaban J connectivity index is 0.00000128. The number of nitrogens with one attached hydrogen (secondary N) is 1. The summed E-state index contributed by atoms with van der Waals surface area (Å²) in [6.07, 6.45) is 0. The Labute approximate surface area is 102 Å². The maximum Gasteiger partial charge on any atom is 0.123 e. The molecule has 0 saturated carbocycles. The summed E-state index contributed by atoms with van der Waals surface area (Å²) in [6.45, 7) is 7.08. The Kier molecular flexibility index (Phi) is 5.19. The standard InChI is InChI=1S/C12H17FN2.ClH/c1-10-2-3-12(13)8-11(10)9-15-6-4-14-5-7-15;/h2-3,8,14H,4-7,9H2,1H3;1H. The summed E-state index contributed by atoms with van der Waals surface area (Å²) < 4.78 is 13.1. The quantitative estimate of drug-likeness (QED) is 0.856. The molecule has 4 heteroatoms. The maximum absolute atomic E-state index is 13.1. The highest BCUT2D eigenvalue weighted by Gasteiger charge is 2.11. The summed E-state index contributed by atoms with van der Waals surface area (Å²) in [5.41, 5.74) is 2.28. The third kappa shape index (κ3) is 3.44. The molecule has 1 aliphatic heterocycles.